The molecule has 2 heterocycles. The Hall–Kier alpha value is -1.08. The Morgan fingerprint density at radius 2 is 2.35 bits per heavy atom. The van der Waals surface area contributed by atoms with Crippen molar-refractivity contribution >= 4 is 17.7 Å². The van der Waals surface area contributed by atoms with Crippen molar-refractivity contribution in [1.29, 1.82) is 0 Å². The minimum absolute atomic E-state index is 0.0143. The molecule has 0 amide bonds. The van der Waals surface area contributed by atoms with E-state index in [1.807, 2.05) is 0 Å². The third-order valence-electron chi connectivity index (χ3n) is 3.81. The maximum Gasteiger partial charge on any atom is 0.313 e. The van der Waals surface area contributed by atoms with Gasteiger partial charge in [0, 0.05) is 12.5 Å². The van der Waals surface area contributed by atoms with E-state index in [0.29, 0.717) is 17.6 Å². The zero-order valence-corrected chi connectivity index (χ0v) is 12.4. The summed E-state index contributed by atoms with van der Waals surface area (Å²) < 4.78 is 7.93. The van der Waals surface area contributed by atoms with Crippen LogP contribution in [-0.2, 0) is 16.1 Å². The molecule has 0 radical (unpaired) electrons. The number of thioether (sulfide) groups is 1. The van der Waals surface area contributed by atoms with Gasteiger partial charge in [-0.25, -0.2) is 0 Å². The number of hydrogen-bond donors (Lipinski definition) is 1. The molecule has 1 aliphatic carbocycles. The van der Waals surface area contributed by atoms with Crippen molar-refractivity contribution in [2.75, 3.05) is 12.4 Å². The average molecular weight is 297 g/mol. The Morgan fingerprint density at radius 3 is 2.95 bits per heavy atom. The highest BCUT2D eigenvalue weighted by atomic mass is 32.2. The lowest BCUT2D eigenvalue weighted by Crippen LogP contribution is -2.30. The Kier molecular flexibility index (Phi) is 3.72. The number of ether oxygens (including phenoxy) is 1. The molecule has 1 aromatic heterocycles. The number of aromatic nitrogens is 3. The maximum absolute atomic E-state index is 10.7. The van der Waals surface area contributed by atoms with Gasteiger partial charge in [-0.15, -0.1) is 10.2 Å². The van der Waals surface area contributed by atoms with Crippen molar-refractivity contribution in [3.05, 3.63) is 5.82 Å². The second-order valence-corrected chi connectivity index (χ2v) is 6.73. The monoisotopic (exact) mass is 297 g/mol. The number of aliphatic carboxylic acids is 1. The molecule has 1 unspecified atom stereocenters. The van der Waals surface area contributed by atoms with Crippen LogP contribution in [0.1, 0.15) is 44.3 Å². The normalized spacial score (nSPS) is 26.1. The maximum atomic E-state index is 10.7. The standard InChI is InChI=1S/C13H19N3O3S/c1-13(5-2-6-19-13)8-16-11(9-3-4-9)14-15-12(16)20-7-10(17)18/h9H,2-8H2,1H3,(H,17,18). The molecule has 7 heteroatoms. The topological polar surface area (TPSA) is 77.2 Å². The Morgan fingerprint density at radius 1 is 1.55 bits per heavy atom. The van der Waals surface area contributed by atoms with E-state index in [0.717, 1.165) is 38.1 Å². The van der Waals surface area contributed by atoms with Gasteiger partial charge in [-0.2, -0.15) is 0 Å². The SMILES string of the molecule is CC1(Cn2c(SCC(=O)O)nnc2C2CC2)CCCO1. The molecule has 6 nitrogen and oxygen atoms in total. The Balaban J connectivity index is 1.81. The highest BCUT2D eigenvalue weighted by molar-refractivity contribution is 7.99. The van der Waals surface area contributed by atoms with E-state index in [1.54, 1.807) is 0 Å². The van der Waals surface area contributed by atoms with Gasteiger partial charge in [-0.1, -0.05) is 11.8 Å². The van der Waals surface area contributed by atoms with Crippen LogP contribution in [0.5, 0.6) is 0 Å². The molecular weight excluding hydrogens is 278 g/mol. The fourth-order valence-corrected chi connectivity index (χ4v) is 3.29. The van der Waals surface area contributed by atoms with E-state index in [9.17, 15) is 4.79 Å². The highest BCUT2D eigenvalue weighted by Gasteiger charge is 2.36. The predicted octanol–water partition coefficient (Wildman–Crippen LogP) is 1.90. The van der Waals surface area contributed by atoms with E-state index < -0.39 is 5.97 Å². The number of carboxylic acids is 1. The summed E-state index contributed by atoms with van der Waals surface area (Å²) in [4.78, 5) is 10.7. The third-order valence-corrected chi connectivity index (χ3v) is 4.76. The van der Waals surface area contributed by atoms with E-state index in [4.69, 9.17) is 9.84 Å². The van der Waals surface area contributed by atoms with Crippen LogP contribution in [-0.4, -0.2) is 43.8 Å². The average Bonchev–Trinajstić information content (AvgIpc) is 3.04. The van der Waals surface area contributed by atoms with Gasteiger partial charge in [0.15, 0.2) is 5.16 Å². The van der Waals surface area contributed by atoms with Crippen LogP contribution in [0.15, 0.2) is 5.16 Å². The van der Waals surface area contributed by atoms with Crippen LogP contribution < -0.4 is 0 Å². The van der Waals surface area contributed by atoms with Gasteiger partial charge in [0.25, 0.3) is 0 Å². The van der Waals surface area contributed by atoms with Crippen molar-refractivity contribution in [2.24, 2.45) is 0 Å². The predicted molar refractivity (Wildman–Crippen MR) is 73.9 cm³/mol. The third kappa shape index (κ3) is 2.98. The van der Waals surface area contributed by atoms with Crippen LogP contribution in [0.4, 0.5) is 0 Å². The van der Waals surface area contributed by atoms with Gasteiger partial charge >= 0.3 is 5.97 Å². The molecule has 0 aromatic carbocycles. The number of rotatable bonds is 6. The molecule has 0 spiro atoms. The van der Waals surface area contributed by atoms with Gasteiger partial charge in [-0.3, -0.25) is 4.79 Å². The first-order valence-electron chi connectivity index (χ1n) is 6.99. The quantitative estimate of drug-likeness (QED) is 0.808. The molecule has 1 atom stereocenters. The summed E-state index contributed by atoms with van der Waals surface area (Å²) in [5.74, 6) is 0.669. The molecule has 3 rings (SSSR count). The molecular formula is C13H19N3O3S. The molecule has 1 aromatic rings. The largest absolute Gasteiger partial charge is 0.481 e. The molecule has 1 saturated heterocycles. The molecule has 110 valence electrons. The molecule has 20 heavy (non-hydrogen) atoms. The van der Waals surface area contributed by atoms with Gasteiger partial charge in [0.2, 0.25) is 0 Å². The first-order chi connectivity index (χ1) is 9.57. The van der Waals surface area contributed by atoms with Gasteiger partial charge in [0.1, 0.15) is 5.82 Å². The van der Waals surface area contributed by atoms with Crippen molar-refractivity contribution < 1.29 is 14.6 Å². The number of hydrogen-bond acceptors (Lipinski definition) is 5. The van der Waals surface area contributed by atoms with Crippen LogP contribution in [0, 0.1) is 0 Å². The molecule has 1 saturated carbocycles. The lowest BCUT2D eigenvalue weighted by molar-refractivity contribution is -0.133. The molecule has 0 bridgehead atoms. The summed E-state index contributed by atoms with van der Waals surface area (Å²) in [6.07, 6.45) is 4.41. The molecule has 2 fully saturated rings. The van der Waals surface area contributed by atoms with Crippen LogP contribution >= 0.6 is 11.8 Å². The number of carboxylic acid groups (broad SMARTS) is 1. The van der Waals surface area contributed by atoms with Crippen molar-refractivity contribution in [3.63, 3.8) is 0 Å². The smallest absolute Gasteiger partial charge is 0.313 e. The van der Waals surface area contributed by atoms with Gasteiger partial charge in [0.05, 0.1) is 17.9 Å². The minimum atomic E-state index is -0.833. The van der Waals surface area contributed by atoms with Crippen LogP contribution in [0.25, 0.3) is 0 Å². The van der Waals surface area contributed by atoms with E-state index in [1.165, 1.54) is 11.8 Å². The summed E-state index contributed by atoms with van der Waals surface area (Å²) in [6, 6.07) is 0. The van der Waals surface area contributed by atoms with Crippen LogP contribution in [0.3, 0.4) is 0 Å². The summed E-state index contributed by atoms with van der Waals surface area (Å²) in [5.41, 5.74) is -0.176. The van der Waals surface area contributed by atoms with Crippen molar-refractivity contribution in [2.45, 2.75) is 55.8 Å². The van der Waals surface area contributed by atoms with E-state index in [-0.39, 0.29) is 11.4 Å². The first kappa shape index (κ1) is 13.9. The van der Waals surface area contributed by atoms with Crippen LogP contribution in [0.2, 0.25) is 0 Å². The highest BCUT2D eigenvalue weighted by Crippen LogP contribution is 2.41. The van der Waals surface area contributed by atoms with E-state index in [2.05, 4.69) is 21.7 Å². The second kappa shape index (κ2) is 5.37. The summed E-state index contributed by atoms with van der Waals surface area (Å²) in [5, 5.41) is 18.0. The molecule has 2 aliphatic rings. The number of nitrogens with zero attached hydrogens (tertiary/aromatic N) is 3. The minimum Gasteiger partial charge on any atom is -0.481 e. The summed E-state index contributed by atoms with van der Waals surface area (Å²) in [7, 11) is 0. The van der Waals surface area contributed by atoms with Gasteiger partial charge in [-0.05, 0) is 32.6 Å². The zero-order chi connectivity index (χ0) is 14.2. The lowest BCUT2D eigenvalue weighted by Gasteiger charge is -2.25. The summed E-state index contributed by atoms with van der Waals surface area (Å²) >= 11 is 1.24. The Bertz CT molecular complexity index is 507. The molecule has 1 aliphatic heterocycles. The molecule has 1 N–H and O–H groups in total. The van der Waals surface area contributed by atoms with Gasteiger partial charge < -0.3 is 14.4 Å². The number of carbonyl (C=O) groups is 1. The zero-order valence-electron chi connectivity index (χ0n) is 11.5. The first-order valence-corrected chi connectivity index (χ1v) is 7.98. The lowest BCUT2D eigenvalue weighted by atomic mass is 10.0. The second-order valence-electron chi connectivity index (χ2n) is 5.79. The van der Waals surface area contributed by atoms with E-state index >= 15 is 0 Å². The summed E-state index contributed by atoms with van der Waals surface area (Å²) in [6.45, 7) is 3.63. The Labute approximate surface area is 121 Å². The van der Waals surface area contributed by atoms with Crippen molar-refractivity contribution in [1.82, 2.24) is 14.8 Å². The van der Waals surface area contributed by atoms with Crippen molar-refractivity contribution in [3.8, 4) is 0 Å². The fraction of sp³-hybridized carbons (Fsp3) is 0.769. The fourth-order valence-electron chi connectivity index (χ4n) is 2.62.